The van der Waals surface area contributed by atoms with Gasteiger partial charge in [0.05, 0.1) is 6.04 Å². The van der Waals surface area contributed by atoms with Gasteiger partial charge in [-0.05, 0) is 44.3 Å². The molecule has 25 heavy (non-hydrogen) atoms. The molecule has 2 heterocycles. The number of aliphatic hydroxyl groups is 1. The molecule has 3 rings (SSSR count). The molecule has 0 radical (unpaired) electrons. The minimum atomic E-state index is -0.000825. The number of hydrogen-bond acceptors (Lipinski definition) is 3. The zero-order valence-electron chi connectivity index (χ0n) is 15.4. The van der Waals surface area contributed by atoms with E-state index in [1.54, 1.807) is 0 Å². The maximum atomic E-state index is 12.6. The number of hydrogen-bond donors (Lipinski definition) is 2. The number of aliphatic hydroxyl groups excluding tert-OH is 1. The van der Waals surface area contributed by atoms with E-state index in [2.05, 4.69) is 48.3 Å². The maximum absolute atomic E-state index is 12.6. The molecular weight excluding hydrogens is 314 g/mol. The summed E-state index contributed by atoms with van der Waals surface area (Å²) in [5, 5.41) is 12.5. The van der Waals surface area contributed by atoms with Crippen LogP contribution in [0.1, 0.15) is 36.9 Å². The Hall–Kier alpha value is -1.59. The van der Waals surface area contributed by atoms with Crippen molar-refractivity contribution < 1.29 is 9.90 Å². The molecule has 2 aliphatic heterocycles. The van der Waals surface area contributed by atoms with Crippen molar-refractivity contribution in [3.63, 3.8) is 0 Å². The first-order valence-electron chi connectivity index (χ1n) is 9.52. The Morgan fingerprint density at radius 3 is 2.52 bits per heavy atom. The van der Waals surface area contributed by atoms with Crippen LogP contribution in [0, 0.1) is 18.8 Å². The van der Waals surface area contributed by atoms with Crippen molar-refractivity contribution in [2.45, 2.75) is 32.7 Å². The smallest absolute Gasteiger partial charge is 0.317 e. The third kappa shape index (κ3) is 4.33. The number of nitrogens with one attached hydrogen (secondary N) is 1. The van der Waals surface area contributed by atoms with Crippen LogP contribution in [0.4, 0.5) is 4.79 Å². The Labute approximate surface area is 151 Å². The lowest BCUT2D eigenvalue weighted by Crippen LogP contribution is -2.43. The van der Waals surface area contributed by atoms with E-state index in [0.717, 1.165) is 19.6 Å². The van der Waals surface area contributed by atoms with E-state index in [-0.39, 0.29) is 24.6 Å². The summed E-state index contributed by atoms with van der Waals surface area (Å²) in [6.07, 6.45) is 2.47. The Bertz CT molecular complexity index is 569. The number of carbonyl (C=O) groups is 1. The fourth-order valence-electron chi connectivity index (χ4n) is 4.03. The van der Waals surface area contributed by atoms with Crippen LogP contribution in [-0.4, -0.2) is 60.3 Å². The van der Waals surface area contributed by atoms with E-state index in [1.807, 2.05) is 4.90 Å². The van der Waals surface area contributed by atoms with Crippen molar-refractivity contribution in [1.82, 2.24) is 15.1 Å². The van der Waals surface area contributed by atoms with Crippen LogP contribution in [0.3, 0.4) is 0 Å². The van der Waals surface area contributed by atoms with Gasteiger partial charge < -0.3 is 15.3 Å². The molecule has 2 saturated heterocycles. The summed E-state index contributed by atoms with van der Waals surface area (Å²) in [6, 6.07) is 8.90. The first-order chi connectivity index (χ1) is 12.1. The van der Waals surface area contributed by atoms with Gasteiger partial charge in [0.25, 0.3) is 0 Å². The molecular formula is C20H31N3O2. The van der Waals surface area contributed by atoms with Gasteiger partial charge in [-0.2, -0.15) is 0 Å². The quantitative estimate of drug-likeness (QED) is 0.862. The van der Waals surface area contributed by atoms with E-state index in [1.165, 1.54) is 24.0 Å². The molecule has 0 spiro atoms. The highest BCUT2D eigenvalue weighted by Gasteiger charge is 2.32. The molecule has 2 fully saturated rings. The third-order valence-corrected chi connectivity index (χ3v) is 5.78. The molecule has 2 N–H and O–H groups in total. The van der Waals surface area contributed by atoms with Crippen molar-refractivity contribution in [3.05, 3.63) is 35.4 Å². The van der Waals surface area contributed by atoms with Gasteiger partial charge in [-0.3, -0.25) is 4.90 Å². The normalized spacial score (nSPS) is 25.3. The number of nitrogens with zero attached hydrogens (tertiary/aromatic N) is 2. The van der Waals surface area contributed by atoms with E-state index in [4.69, 9.17) is 0 Å². The monoisotopic (exact) mass is 345 g/mol. The van der Waals surface area contributed by atoms with Crippen molar-refractivity contribution in [1.29, 1.82) is 0 Å². The number of amides is 2. The summed E-state index contributed by atoms with van der Waals surface area (Å²) in [6.45, 7) is 8.58. The Kier molecular flexibility index (Phi) is 5.97. The minimum Gasteiger partial charge on any atom is -0.396 e. The van der Waals surface area contributed by atoms with Gasteiger partial charge in [0, 0.05) is 32.2 Å². The van der Waals surface area contributed by atoms with Crippen LogP contribution >= 0.6 is 0 Å². The summed E-state index contributed by atoms with van der Waals surface area (Å²) < 4.78 is 0. The molecule has 0 aliphatic carbocycles. The molecule has 0 unspecified atom stereocenters. The molecule has 0 aromatic heterocycles. The second-order valence-corrected chi connectivity index (χ2v) is 7.68. The summed E-state index contributed by atoms with van der Waals surface area (Å²) in [4.78, 5) is 16.9. The fraction of sp³-hybridized carbons (Fsp3) is 0.650. The summed E-state index contributed by atoms with van der Waals surface area (Å²) in [5.41, 5.74) is 2.53. The largest absolute Gasteiger partial charge is 0.396 e. The van der Waals surface area contributed by atoms with Gasteiger partial charge >= 0.3 is 6.03 Å². The van der Waals surface area contributed by atoms with Crippen LogP contribution in [0.15, 0.2) is 24.3 Å². The highest BCUT2D eigenvalue weighted by Crippen LogP contribution is 2.26. The van der Waals surface area contributed by atoms with Gasteiger partial charge in [-0.25, -0.2) is 4.79 Å². The van der Waals surface area contributed by atoms with Gasteiger partial charge in [0.15, 0.2) is 0 Å². The third-order valence-electron chi connectivity index (χ3n) is 5.78. The second-order valence-electron chi connectivity index (χ2n) is 7.68. The van der Waals surface area contributed by atoms with E-state index in [9.17, 15) is 9.90 Å². The van der Waals surface area contributed by atoms with Crippen molar-refractivity contribution >= 4 is 6.03 Å². The molecule has 2 amide bonds. The van der Waals surface area contributed by atoms with Gasteiger partial charge in [-0.1, -0.05) is 36.8 Å². The number of urea groups is 1. The molecule has 3 atom stereocenters. The first kappa shape index (κ1) is 18.2. The SMILES string of the molecule is Cc1ccc([C@@H](CNC(=O)N2C[C@@H](CO)[C@H](C)C2)N2CCCC2)cc1. The summed E-state index contributed by atoms with van der Waals surface area (Å²) >= 11 is 0. The van der Waals surface area contributed by atoms with Crippen LogP contribution in [0.2, 0.25) is 0 Å². The van der Waals surface area contributed by atoms with Crippen LogP contribution in [0.25, 0.3) is 0 Å². The summed E-state index contributed by atoms with van der Waals surface area (Å²) in [5.74, 6) is 0.569. The van der Waals surface area contributed by atoms with Crippen LogP contribution in [-0.2, 0) is 0 Å². The number of rotatable bonds is 5. The van der Waals surface area contributed by atoms with E-state index in [0.29, 0.717) is 19.0 Å². The highest BCUT2D eigenvalue weighted by atomic mass is 16.3. The molecule has 5 nitrogen and oxygen atoms in total. The van der Waals surface area contributed by atoms with Gasteiger partial charge in [-0.15, -0.1) is 0 Å². The average Bonchev–Trinajstić information content (AvgIpc) is 3.26. The Morgan fingerprint density at radius 1 is 1.24 bits per heavy atom. The number of carbonyl (C=O) groups excluding carboxylic acids is 1. The number of likely N-dealkylation sites (tertiary alicyclic amines) is 2. The lowest BCUT2D eigenvalue weighted by Gasteiger charge is -2.29. The van der Waals surface area contributed by atoms with E-state index < -0.39 is 0 Å². The zero-order chi connectivity index (χ0) is 17.8. The predicted octanol–water partition coefficient (Wildman–Crippen LogP) is 2.40. The van der Waals surface area contributed by atoms with Crippen LogP contribution < -0.4 is 5.32 Å². The molecule has 1 aromatic rings. The van der Waals surface area contributed by atoms with Gasteiger partial charge in [0.2, 0.25) is 0 Å². The minimum absolute atomic E-state index is 0.000825. The van der Waals surface area contributed by atoms with Crippen molar-refractivity contribution in [3.8, 4) is 0 Å². The molecule has 5 heteroatoms. The average molecular weight is 345 g/mol. The van der Waals surface area contributed by atoms with Crippen molar-refractivity contribution in [2.75, 3.05) is 39.3 Å². The lowest BCUT2D eigenvalue weighted by atomic mass is 10.00. The zero-order valence-corrected chi connectivity index (χ0v) is 15.4. The molecule has 0 saturated carbocycles. The first-order valence-corrected chi connectivity index (χ1v) is 9.52. The fourth-order valence-corrected chi connectivity index (χ4v) is 4.03. The number of aryl methyl sites for hydroxylation is 1. The standard InChI is InChI=1S/C20H31N3O2/c1-15-5-7-17(8-6-15)19(22-9-3-4-10-22)11-21-20(25)23-12-16(2)18(13-23)14-24/h5-8,16,18-19,24H,3-4,9-14H2,1-2H3,(H,21,25)/t16-,18+,19-/m1/s1. The topological polar surface area (TPSA) is 55.8 Å². The van der Waals surface area contributed by atoms with Crippen LogP contribution in [0.5, 0.6) is 0 Å². The molecule has 2 aliphatic rings. The Morgan fingerprint density at radius 2 is 1.92 bits per heavy atom. The number of benzene rings is 1. The predicted molar refractivity (Wildman–Crippen MR) is 99.4 cm³/mol. The molecule has 138 valence electrons. The van der Waals surface area contributed by atoms with Crippen molar-refractivity contribution in [2.24, 2.45) is 11.8 Å². The Balaban J connectivity index is 1.62. The summed E-state index contributed by atoms with van der Waals surface area (Å²) in [7, 11) is 0. The second kappa shape index (κ2) is 8.19. The van der Waals surface area contributed by atoms with E-state index >= 15 is 0 Å². The lowest BCUT2D eigenvalue weighted by molar-refractivity contribution is 0.188. The highest BCUT2D eigenvalue weighted by molar-refractivity contribution is 5.74. The van der Waals surface area contributed by atoms with Gasteiger partial charge in [0.1, 0.15) is 0 Å². The molecule has 1 aromatic carbocycles. The maximum Gasteiger partial charge on any atom is 0.317 e. The molecule has 0 bridgehead atoms.